The van der Waals surface area contributed by atoms with E-state index in [1.165, 1.54) is 10.6 Å². The summed E-state index contributed by atoms with van der Waals surface area (Å²) in [6, 6.07) is 13.2. The Morgan fingerprint density at radius 1 is 1.03 bits per heavy atom. The molecular weight excluding hydrogens is 498 g/mol. The molecule has 8 heteroatoms. The molecule has 0 aliphatic heterocycles. The molecule has 1 atom stereocenters. The average Bonchev–Trinajstić information content (AvgIpc) is 3.37. The van der Waals surface area contributed by atoms with Crippen LogP contribution in [0.4, 0.5) is 5.69 Å². The summed E-state index contributed by atoms with van der Waals surface area (Å²) in [5.41, 5.74) is 4.64. The van der Waals surface area contributed by atoms with Gasteiger partial charge in [0.15, 0.2) is 0 Å². The van der Waals surface area contributed by atoms with E-state index in [9.17, 15) is 18.0 Å². The molecule has 208 valence electrons. The lowest BCUT2D eigenvalue weighted by atomic mass is 10.1. The van der Waals surface area contributed by atoms with Crippen molar-refractivity contribution in [1.82, 2.24) is 10.2 Å². The van der Waals surface area contributed by atoms with E-state index in [0.29, 0.717) is 25.1 Å². The van der Waals surface area contributed by atoms with Crippen LogP contribution in [0.15, 0.2) is 42.5 Å². The summed E-state index contributed by atoms with van der Waals surface area (Å²) in [5.74, 6) is -0.249. The predicted molar refractivity (Wildman–Crippen MR) is 154 cm³/mol. The Hall–Kier alpha value is -2.87. The molecule has 0 radical (unpaired) electrons. The van der Waals surface area contributed by atoms with Gasteiger partial charge < -0.3 is 10.2 Å². The minimum Gasteiger partial charge on any atom is -0.352 e. The average molecular weight is 542 g/mol. The second-order valence-electron chi connectivity index (χ2n) is 10.6. The summed E-state index contributed by atoms with van der Waals surface area (Å²) in [5, 5.41) is 3.17. The minimum atomic E-state index is -3.53. The number of anilines is 1. The van der Waals surface area contributed by atoms with Crippen molar-refractivity contribution in [3.8, 4) is 0 Å². The van der Waals surface area contributed by atoms with Crippen LogP contribution in [0.3, 0.4) is 0 Å². The first kappa shape index (κ1) is 29.7. The first-order chi connectivity index (χ1) is 18.0. The van der Waals surface area contributed by atoms with Crippen LogP contribution < -0.4 is 9.62 Å². The van der Waals surface area contributed by atoms with E-state index in [1.807, 2.05) is 64.1 Å². The highest BCUT2D eigenvalue weighted by Gasteiger charge is 2.30. The van der Waals surface area contributed by atoms with Gasteiger partial charge in [-0.25, -0.2) is 8.42 Å². The number of benzene rings is 2. The Balaban J connectivity index is 1.77. The summed E-state index contributed by atoms with van der Waals surface area (Å²) in [7, 11) is -3.53. The van der Waals surface area contributed by atoms with Crippen LogP contribution in [-0.4, -0.2) is 50.0 Å². The highest BCUT2D eigenvalue weighted by molar-refractivity contribution is 7.92. The zero-order valence-electron chi connectivity index (χ0n) is 23.5. The van der Waals surface area contributed by atoms with Crippen LogP contribution in [0.5, 0.6) is 0 Å². The minimum absolute atomic E-state index is 0.104. The molecule has 0 aromatic heterocycles. The fourth-order valence-corrected chi connectivity index (χ4v) is 6.18. The van der Waals surface area contributed by atoms with Crippen molar-refractivity contribution in [1.29, 1.82) is 0 Å². The van der Waals surface area contributed by atoms with E-state index < -0.39 is 16.1 Å². The number of rotatable bonds is 12. The lowest BCUT2D eigenvalue weighted by molar-refractivity contribution is -0.141. The van der Waals surface area contributed by atoms with E-state index in [1.54, 1.807) is 11.0 Å². The monoisotopic (exact) mass is 541 g/mol. The molecule has 2 amide bonds. The number of nitrogens with one attached hydrogen (secondary N) is 1. The number of aryl methyl sites for hydroxylation is 2. The molecule has 38 heavy (non-hydrogen) atoms. The Morgan fingerprint density at radius 2 is 1.68 bits per heavy atom. The third-order valence-electron chi connectivity index (χ3n) is 7.56. The fourth-order valence-electron chi connectivity index (χ4n) is 5.17. The lowest BCUT2D eigenvalue weighted by Crippen LogP contribution is -2.51. The van der Waals surface area contributed by atoms with Crippen molar-refractivity contribution < 1.29 is 18.0 Å². The van der Waals surface area contributed by atoms with Crippen molar-refractivity contribution in [2.75, 3.05) is 17.1 Å². The maximum Gasteiger partial charge on any atom is 0.243 e. The van der Waals surface area contributed by atoms with Crippen LogP contribution in [0.2, 0.25) is 0 Å². The van der Waals surface area contributed by atoms with Crippen LogP contribution in [0.1, 0.15) is 74.1 Å². The normalized spacial score (nSPS) is 14.8. The van der Waals surface area contributed by atoms with Crippen molar-refractivity contribution in [3.63, 3.8) is 0 Å². The smallest absolute Gasteiger partial charge is 0.243 e. The predicted octanol–water partition coefficient (Wildman–Crippen LogP) is 5.02. The van der Waals surface area contributed by atoms with Crippen LogP contribution in [0, 0.1) is 20.8 Å². The van der Waals surface area contributed by atoms with Crippen LogP contribution in [0.25, 0.3) is 0 Å². The van der Waals surface area contributed by atoms with Crippen LogP contribution in [-0.2, 0) is 26.2 Å². The number of nitrogens with zero attached hydrogens (tertiary/aromatic N) is 2. The molecule has 0 heterocycles. The Morgan fingerprint density at radius 3 is 2.29 bits per heavy atom. The van der Waals surface area contributed by atoms with Gasteiger partial charge in [0.2, 0.25) is 21.8 Å². The molecule has 3 rings (SSSR count). The number of hydrogen-bond acceptors (Lipinski definition) is 4. The Labute approximate surface area is 228 Å². The number of sulfonamides is 1. The number of carbonyl (C=O) groups excluding carboxylic acids is 2. The second-order valence-corrected chi connectivity index (χ2v) is 12.5. The topological polar surface area (TPSA) is 86.8 Å². The zero-order chi connectivity index (χ0) is 27.9. The van der Waals surface area contributed by atoms with E-state index in [-0.39, 0.29) is 30.8 Å². The number of hydrogen-bond donors (Lipinski definition) is 1. The van der Waals surface area contributed by atoms with Gasteiger partial charge in [0, 0.05) is 25.6 Å². The molecule has 2 aromatic rings. The third-order valence-corrected chi connectivity index (χ3v) is 8.74. The molecule has 0 saturated heterocycles. The highest BCUT2D eigenvalue weighted by Crippen LogP contribution is 2.26. The number of amides is 2. The molecule has 1 N–H and O–H groups in total. The van der Waals surface area contributed by atoms with Crippen molar-refractivity contribution >= 4 is 27.5 Å². The first-order valence-electron chi connectivity index (χ1n) is 13.7. The molecule has 7 nitrogen and oxygen atoms in total. The van der Waals surface area contributed by atoms with Crippen LogP contribution >= 0.6 is 0 Å². The molecule has 1 fully saturated rings. The van der Waals surface area contributed by atoms with E-state index >= 15 is 0 Å². The van der Waals surface area contributed by atoms with Gasteiger partial charge in [0.1, 0.15) is 6.04 Å². The van der Waals surface area contributed by atoms with E-state index in [4.69, 9.17) is 0 Å². The van der Waals surface area contributed by atoms with Gasteiger partial charge in [-0.05, 0) is 69.2 Å². The SMILES string of the molecule is CC[C@H](C(=O)NC1CCCC1)N(Cc1ccc(C)cc1)C(=O)CCCN(c1cccc(C)c1C)S(C)(=O)=O. The largest absolute Gasteiger partial charge is 0.352 e. The Kier molecular flexibility index (Phi) is 10.4. The summed E-state index contributed by atoms with van der Waals surface area (Å²) < 4.78 is 26.7. The van der Waals surface area contributed by atoms with Crippen molar-refractivity contribution in [2.45, 2.75) is 91.3 Å². The van der Waals surface area contributed by atoms with Gasteiger partial charge in [0.25, 0.3) is 0 Å². The summed E-state index contributed by atoms with van der Waals surface area (Å²) in [4.78, 5) is 28.6. The molecule has 0 bridgehead atoms. The molecule has 1 aliphatic carbocycles. The van der Waals surface area contributed by atoms with E-state index in [2.05, 4.69) is 5.32 Å². The van der Waals surface area contributed by atoms with Gasteiger partial charge in [-0.3, -0.25) is 13.9 Å². The van der Waals surface area contributed by atoms with Gasteiger partial charge in [0.05, 0.1) is 11.9 Å². The third kappa shape index (κ3) is 7.82. The molecule has 0 spiro atoms. The zero-order valence-corrected chi connectivity index (χ0v) is 24.3. The molecule has 0 unspecified atom stereocenters. The maximum atomic E-state index is 13.6. The maximum absolute atomic E-state index is 13.6. The van der Waals surface area contributed by atoms with Crippen molar-refractivity contribution in [3.05, 3.63) is 64.7 Å². The second kappa shape index (κ2) is 13.3. The molecular formula is C30H43N3O4S. The molecule has 1 aliphatic rings. The fraction of sp³-hybridized carbons (Fsp3) is 0.533. The summed E-state index contributed by atoms with van der Waals surface area (Å²) in [6.07, 6.45) is 6.40. The quantitative estimate of drug-likeness (QED) is 0.409. The van der Waals surface area contributed by atoms with E-state index in [0.717, 1.165) is 47.9 Å². The standard InChI is InChI=1S/C30H43N3O4S/c1-6-27(30(35)31-26-12-7-8-13-26)32(21-25-18-16-22(2)17-19-25)29(34)15-10-20-33(38(5,36)37)28-14-9-11-23(3)24(28)4/h9,11,14,16-19,26-27H,6-8,10,12-13,15,20-21H2,1-5H3,(H,31,35)/t27-/m1/s1. The summed E-state index contributed by atoms with van der Waals surface area (Å²) >= 11 is 0. The van der Waals surface area contributed by atoms with Gasteiger partial charge in [-0.2, -0.15) is 0 Å². The summed E-state index contributed by atoms with van der Waals surface area (Å²) in [6.45, 7) is 8.33. The first-order valence-corrected chi connectivity index (χ1v) is 15.6. The van der Waals surface area contributed by atoms with Gasteiger partial charge >= 0.3 is 0 Å². The number of carbonyl (C=O) groups is 2. The van der Waals surface area contributed by atoms with Gasteiger partial charge in [-0.15, -0.1) is 0 Å². The highest BCUT2D eigenvalue weighted by atomic mass is 32.2. The molecule has 2 aromatic carbocycles. The molecule has 1 saturated carbocycles. The Bertz CT molecular complexity index is 1200. The van der Waals surface area contributed by atoms with Gasteiger partial charge in [-0.1, -0.05) is 61.7 Å². The van der Waals surface area contributed by atoms with Crippen molar-refractivity contribution in [2.24, 2.45) is 0 Å². The lowest BCUT2D eigenvalue weighted by Gasteiger charge is -2.32.